The van der Waals surface area contributed by atoms with Gasteiger partial charge < -0.3 is 20.8 Å². The van der Waals surface area contributed by atoms with Gasteiger partial charge in [-0.1, -0.05) is 12.1 Å². The van der Waals surface area contributed by atoms with E-state index in [-0.39, 0.29) is 23.3 Å². The van der Waals surface area contributed by atoms with Crippen molar-refractivity contribution in [2.24, 2.45) is 5.92 Å². The standard InChI is InChI=1S/C13H18N2O3/c16-11-3-1-2-10(12(11)17)8-14-6-7-15-13(18)9-4-5-9/h1-3,9,14,16-17H,4-8H2,(H,15,18). The number of hydrogen-bond acceptors (Lipinski definition) is 4. The van der Waals surface area contributed by atoms with E-state index in [1.807, 2.05) is 0 Å². The van der Waals surface area contributed by atoms with E-state index in [0.717, 1.165) is 12.8 Å². The topological polar surface area (TPSA) is 81.6 Å². The van der Waals surface area contributed by atoms with Gasteiger partial charge in [0.05, 0.1) is 0 Å². The Morgan fingerprint density at radius 2 is 2.06 bits per heavy atom. The maximum Gasteiger partial charge on any atom is 0.223 e. The summed E-state index contributed by atoms with van der Waals surface area (Å²) in [5.74, 6) is 0.167. The van der Waals surface area contributed by atoms with Crippen LogP contribution in [0.1, 0.15) is 18.4 Å². The van der Waals surface area contributed by atoms with E-state index in [9.17, 15) is 15.0 Å². The van der Waals surface area contributed by atoms with E-state index in [4.69, 9.17) is 0 Å². The van der Waals surface area contributed by atoms with E-state index in [2.05, 4.69) is 10.6 Å². The number of carbonyl (C=O) groups excluding carboxylic acids is 1. The lowest BCUT2D eigenvalue weighted by Gasteiger charge is -2.08. The fourth-order valence-electron chi connectivity index (χ4n) is 1.71. The van der Waals surface area contributed by atoms with Crippen molar-refractivity contribution in [2.75, 3.05) is 13.1 Å². The third-order valence-electron chi connectivity index (χ3n) is 2.96. The number of para-hydroxylation sites is 1. The summed E-state index contributed by atoms with van der Waals surface area (Å²) < 4.78 is 0. The van der Waals surface area contributed by atoms with Crippen molar-refractivity contribution in [3.63, 3.8) is 0 Å². The largest absolute Gasteiger partial charge is 0.504 e. The lowest BCUT2D eigenvalue weighted by atomic mass is 10.2. The van der Waals surface area contributed by atoms with E-state index >= 15 is 0 Å². The van der Waals surface area contributed by atoms with Gasteiger partial charge in [-0.15, -0.1) is 0 Å². The molecule has 0 aliphatic heterocycles. The second-order valence-corrected chi connectivity index (χ2v) is 4.53. The van der Waals surface area contributed by atoms with Crippen molar-refractivity contribution < 1.29 is 15.0 Å². The molecule has 1 aromatic rings. The van der Waals surface area contributed by atoms with Gasteiger partial charge in [-0.25, -0.2) is 0 Å². The number of phenols is 2. The third-order valence-corrected chi connectivity index (χ3v) is 2.96. The molecular formula is C13H18N2O3. The Hall–Kier alpha value is -1.75. The molecule has 1 amide bonds. The van der Waals surface area contributed by atoms with Crippen molar-refractivity contribution in [1.82, 2.24) is 10.6 Å². The van der Waals surface area contributed by atoms with Crippen LogP contribution in [0.5, 0.6) is 11.5 Å². The molecule has 1 aliphatic rings. The van der Waals surface area contributed by atoms with Crippen LogP contribution >= 0.6 is 0 Å². The van der Waals surface area contributed by atoms with Crippen LogP contribution in [0.2, 0.25) is 0 Å². The lowest BCUT2D eigenvalue weighted by molar-refractivity contribution is -0.122. The second kappa shape index (κ2) is 5.73. The Balaban J connectivity index is 1.65. The molecule has 0 atom stereocenters. The summed E-state index contributed by atoms with van der Waals surface area (Å²) in [6.45, 7) is 1.67. The van der Waals surface area contributed by atoms with Crippen LogP contribution in [-0.4, -0.2) is 29.2 Å². The van der Waals surface area contributed by atoms with Crippen LogP contribution in [0.4, 0.5) is 0 Å². The van der Waals surface area contributed by atoms with Crippen LogP contribution in [0, 0.1) is 5.92 Å². The molecule has 5 heteroatoms. The normalized spacial score (nSPS) is 14.4. The van der Waals surface area contributed by atoms with Gasteiger partial charge in [-0.05, 0) is 18.9 Å². The minimum atomic E-state index is -0.115. The zero-order valence-electron chi connectivity index (χ0n) is 10.1. The first-order valence-electron chi connectivity index (χ1n) is 6.16. The van der Waals surface area contributed by atoms with Gasteiger partial charge in [0.15, 0.2) is 11.5 Å². The van der Waals surface area contributed by atoms with Gasteiger partial charge in [-0.2, -0.15) is 0 Å². The summed E-state index contributed by atoms with van der Waals surface area (Å²) in [5, 5.41) is 24.8. The molecule has 0 spiro atoms. The Labute approximate surface area is 106 Å². The Morgan fingerprint density at radius 3 is 2.78 bits per heavy atom. The van der Waals surface area contributed by atoms with Gasteiger partial charge in [-0.3, -0.25) is 4.79 Å². The zero-order chi connectivity index (χ0) is 13.0. The molecule has 1 aromatic carbocycles. The molecule has 0 aromatic heterocycles. The second-order valence-electron chi connectivity index (χ2n) is 4.53. The van der Waals surface area contributed by atoms with E-state index in [1.54, 1.807) is 12.1 Å². The monoisotopic (exact) mass is 250 g/mol. The van der Waals surface area contributed by atoms with Gasteiger partial charge in [0.2, 0.25) is 5.91 Å². The fourth-order valence-corrected chi connectivity index (χ4v) is 1.71. The molecule has 18 heavy (non-hydrogen) atoms. The van der Waals surface area contributed by atoms with Crippen molar-refractivity contribution in [3.05, 3.63) is 23.8 Å². The molecule has 5 nitrogen and oxygen atoms in total. The number of rotatable bonds is 6. The minimum Gasteiger partial charge on any atom is -0.504 e. The molecule has 1 fully saturated rings. The van der Waals surface area contributed by atoms with Gasteiger partial charge in [0, 0.05) is 31.1 Å². The highest BCUT2D eigenvalue weighted by Crippen LogP contribution is 2.28. The van der Waals surface area contributed by atoms with Crippen molar-refractivity contribution in [1.29, 1.82) is 0 Å². The Morgan fingerprint density at radius 1 is 1.28 bits per heavy atom. The van der Waals surface area contributed by atoms with Gasteiger partial charge in [0.1, 0.15) is 0 Å². The highest BCUT2D eigenvalue weighted by Gasteiger charge is 2.28. The van der Waals surface area contributed by atoms with E-state index in [1.165, 1.54) is 6.07 Å². The smallest absolute Gasteiger partial charge is 0.223 e. The van der Waals surface area contributed by atoms with Gasteiger partial charge in [0.25, 0.3) is 0 Å². The molecule has 0 unspecified atom stereocenters. The number of phenolic OH excluding ortho intramolecular Hbond substituents is 2. The predicted molar refractivity (Wildman–Crippen MR) is 67.2 cm³/mol. The Kier molecular flexibility index (Phi) is 4.04. The minimum absolute atomic E-state index is 0.0907. The molecule has 0 radical (unpaired) electrons. The molecular weight excluding hydrogens is 232 g/mol. The molecule has 0 heterocycles. The zero-order valence-corrected chi connectivity index (χ0v) is 10.1. The van der Waals surface area contributed by atoms with Crippen molar-refractivity contribution in [2.45, 2.75) is 19.4 Å². The average Bonchev–Trinajstić information content (AvgIpc) is 3.18. The van der Waals surface area contributed by atoms with Crippen LogP contribution in [0.25, 0.3) is 0 Å². The van der Waals surface area contributed by atoms with Crippen LogP contribution < -0.4 is 10.6 Å². The molecule has 0 bridgehead atoms. The first-order valence-corrected chi connectivity index (χ1v) is 6.16. The number of aromatic hydroxyl groups is 2. The quantitative estimate of drug-likeness (QED) is 0.443. The Bertz CT molecular complexity index is 430. The summed E-state index contributed by atoms with van der Waals surface area (Å²) in [6, 6.07) is 4.86. The van der Waals surface area contributed by atoms with Crippen molar-refractivity contribution in [3.8, 4) is 11.5 Å². The van der Waals surface area contributed by atoms with E-state index in [0.29, 0.717) is 25.2 Å². The molecule has 0 saturated heterocycles. The van der Waals surface area contributed by atoms with E-state index < -0.39 is 0 Å². The summed E-state index contributed by atoms with van der Waals surface area (Å²) in [4.78, 5) is 11.3. The average molecular weight is 250 g/mol. The van der Waals surface area contributed by atoms with Crippen LogP contribution in [0.15, 0.2) is 18.2 Å². The van der Waals surface area contributed by atoms with Crippen LogP contribution in [0.3, 0.4) is 0 Å². The first kappa shape index (κ1) is 12.7. The lowest BCUT2D eigenvalue weighted by Crippen LogP contribution is -2.32. The summed E-state index contributed by atoms with van der Waals surface area (Å²) in [5.41, 5.74) is 0.642. The highest BCUT2D eigenvalue weighted by molar-refractivity contribution is 5.80. The predicted octanol–water partition coefficient (Wildman–Crippen LogP) is 0.714. The molecule has 98 valence electrons. The fraction of sp³-hybridized carbons (Fsp3) is 0.462. The maximum atomic E-state index is 11.3. The highest BCUT2D eigenvalue weighted by atomic mass is 16.3. The summed E-state index contributed by atoms with van der Waals surface area (Å²) in [6.07, 6.45) is 2.02. The SMILES string of the molecule is O=C(NCCNCc1cccc(O)c1O)C1CC1. The molecule has 1 aliphatic carbocycles. The molecule has 2 rings (SSSR count). The molecule has 1 saturated carbocycles. The number of carbonyl (C=O) groups is 1. The molecule has 4 N–H and O–H groups in total. The number of hydrogen-bond donors (Lipinski definition) is 4. The number of benzene rings is 1. The summed E-state index contributed by atoms with van der Waals surface area (Å²) in [7, 11) is 0. The van der Waals surface area contributed by atoms with Crippen LogP contribution in [-0.2, 0) is 11.3 Å². The maximum absolute atomic E-state index is 11.3. The number of nitrogens with one attached hydrogen (secondary N) is 2. The van der Waals surface area contributed by atoms with Crippen molar-refractivity contribution >= 4 is 5.91 Å². The third kappa shape index (κ3) is 3.37. The van der Waals surface area contributed by atoms with Gasteiger partial charge >= 0.3 is 0 Å². The first-order chi connectivity index (χ1) is 8.68. The summed E-state index contributed by atoms with van der Waals surface area (Å²) >= 11 is 0. The number of amides is 1.